The fraction of sp³-hybridized carbons (Fsp3) is 0.316. The maximum atomic E-state index is 12.1. The molecule has 0 saturated heterocycles. The lowest BCUT2D eigenvalue weighted by atomic mass is 9.83. The van der Waals surface area contributed by atoms with Gasteiger partial charge in [-0.1, -0.05) is 36.4 Å². The maximum absolute atomic E-state index is 12.1. The zero-order valence-electron chi connectivity index (χ0n) is 14.4. The third-order valence-corrected chi connectivity index (χ3v) is 5.64. The zero-order chi connectivity index (χ0) is 18.6. The molecule has 0 radical (unpaired) electrons. The summed E-state index contributed by atoms with van der Waals surface area (Å²) in [7, 11) is -3.70. The van der Waals surface area contributed by atoms with Gasteiger partial charge in [-0.2, -0.15) is 0 Å². The Bertz CT molecular complexity index is 879. The number of hydrogen-bond acceptors (Lipinski definition) is 3. The fourth-order valence-electron chi connectivity index (χ4n) is 3.32. The molecule has 0 heterocycles. The van der Waals surface area contributed by atoms with Crippen molar-refractivity contribution in [3.8, 4) is 0 Å². The van der Waals surface area contributed by atoms with Crippen LogP contribution in [0.15, 0.2) is 53.4 Å². The molecule has 0 aromatic heterocycles. The first-order valence-electron chi connectivity index (χ1n) is 8.65. The van der Waals surface area contributed by atoms with Crippen LogP contribution in [-0.4, -0.2) is 21.0 Å². The van der Waals surface area contributed by atoms with Crippen LogP contribution >= 0.6 is 0 Å². The molecular weight excluding hydrogens is 350 g/mol. The summed E-state index contributed by atoms with van der Waals surface area (Å²) < 4.78 is 22.5. The Morgan fingerprint density at radius 3 is 2.54 bits per heavy atom. The number of fused-ring (bicyclic) bond motifs is 1. The Kier molecular flexibility index (Phi) is 5.58. The Hall–Kier alpha value is -2.38. The summed E-state index contributed by atoms with van der Waals surface area (Å²) in [5.74, 6) is 0.347. The predicted molar refractivity (Wildman–Crippen MR) is 100 cm³/mol. The molecule has 0 saturated carbocycles. The molecule has 138 valence electrons. The molecule has 0 bridgehead atoms. The number of urea groups is 1. The molecule has 26 heavy (non-hydrogen) atoms. The van der Waals surface area contributed by atoms with Crippen molar-refractivity contribution in [2.75, 3.05) is 6.54 Å². The van der Waals surface area contributed by atoms with Gasteiger partial charge < -0.3 is 10.6 Å². The first kappa shape index (κ1) is 18.4. The lowest BCUT2D eigenvalue weighted by molar-refractivity contribution is 0.239. The molecule has 1 aliphatic carbocycles. The monoisotopic (exact) mass is 373 g/mol. The molecule has 1 atom stereocenters. The van der Waals surface area contributed by atoms with E-state index < -0.39 is 10.0 Å². The van der Waals surface area contributed by atoms with Crippen molar-refractivity contribution < 1.29 is 13.2 Å². The second-order valence-electron chi connectivity index (χ2n) is 6.54. The largest absolute Gasteiger partial charge is 0.338 e. The average molecular weight is 373 g/mol. The van der Waals surface area contributed by atoms with Crippen LogP contribution in [0.4, 0.5) is 4.79 Å². The van der Waals surface area contributed by atoms with Gasteiger partial charge in [-0.15, -0.1) is 0 Å². The maximum Gasteiger partial charge on any atom is 0.315 e. The fourth-order valence-corrected chi connectivity index (χ4v) is 3.84. The molecule has 0 fully saturated rings. The second-order valence-corrected chi connectivity index (χ2v) is 8.10. The van der Waals surface area contributed by atoms with Gasteiger partial charge in [0.2, 0.25) is 10.0 Å². The van der Waals surface area contributed by atoms with Crippen LogP contribution < -0.4 is 15.8 Å². The van der Waals surface area contributed by atoms with Crippen molar-refractivity contribution in [2.45, 2.75) is 36.6 Å². The number of rotatable bonds is 5. The summed E-state index contributed by atoms with van der Waals surface area (Å²) in [5, 5.41) is 10.8. The smallest absolute Gasteiger partial charge is 0.315 e. The van der Waals surface area contributed by atoms with Crippen molar-refractivity contribution >= 4 is 16.1 Å². The second kappa shape index (κ2) is 7.88. The molecule has 2 aromatic rings. The summed E-state index contributed by atoms with van der Waals surface area (Å²) in [5.41, 5.74) is 3.51. The van der Waals surface area contributed by atoms with E-state index in [1.165, 1.54) is 23.3 Å². The topological polar surface area (TPSA) is 101 Å². The Morgan fingerprint density at radius 2 is 1.81 bits per heavy atom. The SMILES string of the molecule is NS(=O)(=O)c1ccc(CNC(=O)NCC2CCCc3ccccc32)cc1. The van der Waals surface area contributed by atoms with Gasteiger partial charge in [-0.3, -0.25) is 0 Å². The van der Waals surface area contributed by atoms with Gasteiger partial charge in [0.25, 0.3) is 0 Å². The minimum Gasteiger partial charge on any atom is -0.338 e. The standard InChI is InChI=1S/C19H23N3O3S/c20-26(24,25)17-10-8-14(9-11-17)12-21-19(23)22-13-16-6-3-5-15-4-1-2-7-18(15)16/h1-2,4,7-11,16H,3,5-6,12-13H2,(H2,20,24,25)(H2,21,22,23). The number of nitrogens with two attached hydrogens (primary N) is 1. The normalized spacial score (nSPS) is 16.6. The number of primary sulfonamides is 1. The molecule has 2 amide bonds. The number of sulfonamides is 1. The summed E-state index contributed by atoms with van der Waals surface area (Å²) >= 11 is 0. The van der Waals surface area contributed by atoms with Crippen molar-refractivity contribution in [1.29, 1.82) is 0 Å². The Labute approximate surface area is 153 Å². The van der Waals surface area contributed by atoms with Crippen LogP contribution in [0.1, 0.15) is 35.4 Å². The minimum absolute atomic E-state index is 0.0571. The Morgan fingerprint density at radius 1 is 1.08 bits per heavy atom. The molecule has 0 aliphatic heterocycles. The van der Waals surface area contributed by atoms with Crippen LogP contribution in [0.3, 0.4) is 0 Å². The van der Waals surface area contributed by atoms with E-state index in [1.54, 1.807) is 12.1 Å². The highest BCUT2D eigenvalue weighted by molar-refractivity contribution is 7.89. The Balaban J connectivity index is 1.49. The van der Waals surface area contributed by atoms with E-state index in [1.807, 2.05) is 6.07 Å². The third-order valence-electron chi connectivity index (χ3n) is 4.71. The van der Waals surface area contributed by atoms with E-state index in [9.17, 15) is 13.2 Å². The van der Waals surface area contributed by atoms with E-state index in [0.29, 0.717) is 19.0 Å². The highest BCUT2D eigenvalue weighted by Crippen LogP contribution is 2.30. The van der Waals surface area contributed by atoms with E-state index in [2.05, 4.69) is 28.8 Å². The van der Waals surface area contributed by atoms with E-state index >= 15 is 0 Å². The first-order valence-corrected chi connectivity index (χ1v) is 10.2. The molecule has 1 unspecified atom stereocenters. The first-order chi connectivity index (χ1) is 12.4. The molecule has 0 spiro atoms. The van der Waals surface area contributed by atoms with E-state index in [4.69, 9.17) is 5.14 Å². The lowest BCUT2D eigenvalue weighted by Crippen LogP contribution is -2.38. The van der Waals surface area contributed by atoms with Gasteiger partial charge in [0, 0.05) is 19.0 Å². The van der Waals surface area contributed by atoms with Gasteiger partial charge in [0.15, 0.2) is 0 Å². The van der Waals surface area contributed by atoms with E-state index in [0.717, 1.165) is 24.8 Å². The average Bonchev–Trinajstić information content (AvgIpc) is 2.64. The zero-order valence-corrected chi connectivity index (χ0v) is 15.3. The quantitative estimate of drug-likeness (QED) is 0.749. The molecule has 4 N–H and O–H groups in total. The van der Waals surface area contributed by atoms with Crippen LogP contribution in [0.25, 0.3) is 0 Å². The number of amides is 2. The summed E-state index contributed by atoms with van der Waals surface area (Å²) in [4.78, 5) is 12.1. The van der Waals surface area contributed by atoms with Gasteiger partial charge in [-0.05, 0) is 48.1 Å². The molecule has 3 rings (SSSR count). The van der Waals surface area contributed by atoms with Crippen LogP contribution in [-0.2, 0) is 23.0 Å². The van der Waals surface area contributed by atoms with Crippen molar-refractivity contribution in [1.82, 2.24) is 10.6 Å². The molecule has 1 aliphatic rings. The number of nitrogens with one attached hydrogen (secondary N) is 2. The van der Waals surface area contributed by atoms with Gasteiger partial charge in [0.05, 0.1) is 4.90 Å². The van der Waals surface area contributed by atoms with Gasteiger partial charge in [-0.25, -0.2) is 18.4 Å². The number of aryl methyl sites for hydroxylation is 1. The van der Waals surface area contributed by atoms with Gasteiger partial charge >= 0.3 is 6.03 Å². The number of benzene rings is 2. The third kappa shape index (κ3) is 4.62. The number of carbonyl (C=O) groups is 1. The van der Waals surface area contributed by atoms with E-state index in [-0.39, 0.29) is 10.9 Å². The highest BCUT2D eigenvalue weighted by atomic mass is 32.2. The molecule has 6 nitrogen and oxygen atoms in total. The summed E-state index contributed by atoms with van der Waals surface area (Å²) in [6.45, 7) is 0.922. The summed E-state index contributed by atoms with van der Waals surface area (Å²) in [6.07, 6.45) is 3.32. The van der Waals surface area contributed by atoms with Crippen LogP contribution in [0.5, 0.6) is 0 Å². The van der Waals surface area contributed by atoms with Crippen molar-refractivity contribution in [3.63, 3.8) is 0 Å². The van der Waals surface area contributed by atoms with Gasteiger partial charge in [0.1, 0.15) is 0 Å². The summed E-state index contributed by atoms with van der Waals surface area (Å²) in [6, 6.07) is 14.3. The number of hydrogen-bond donors (Lipinski definition) is 3. The molecule has 2 aromatic carbocycles. The number of carbonyl (C=O) groups excluding carboxylic acids is 1. The van der Waals surface area contributed by atoms with Crippen molar-refractivity contribution in [3.05, 3.63) is 65.2 Å². The predicted octanol–water partition coefficient (Wildman–Crippen LogP) is 2.25. The van der Waals surface area contributed by atoms with Crippen LogP contribution in [0, 0.1) is 0 Å². The van der Waals surface area contributed by atoms with Crippen LogP contribution in [0.2, 0.25) is 0 Å². The minimum atomic E-state index is -3.70. The highest BCUT2D eigenvalue weighted by Gasteiger charge is 2.20. The van der Waals surface area contributed by atoms with Crippen molar-refractivity contribution in [2.24, 2.45) is 5.14 Å². The molecule has 7 heteroatoms. The lowest BCUT2D eigenvalue weighted by Gasteiger charge is -2.25. The molecular formula is C19H23N3O3S.